The van der Waals surface area contributed by atoms with Crippen molar-refractivity contribution in [2.24, 2.45) is 0 Å². The summed E-state index contributed by atoms with van der Waals surface area (Å²) in [6, 6.07) is 13.6. The number of carbonyl (C=O) groups is 1. The third-order valence-electron chi connectivity index (χ3n) is 4.65. The van der Waals surface area contributed by atoms with Crippen molar-refractivity contribution in [1.29, 1.82) is 0 Å². The fourth-order valence-corrected chi connectivity index (χ4v) is 3.99. The van der Waals surface area contributed by atoms with Gasteiger partial charge in [0, 0.05) is 25.2 Å². The number of benzene rings is 2. The highest BCUT2D eigenvalue weighted by molar-refractivity contribution is 7.89. The number of amides is 1. The van der Waals surface area contributed by atoms with Crippen LogP contribution in [0.3, 0.4) is 0 Å². The summed E-state index contributed by atoms with van der Waals surface area (Å²) in [6.45, 7) is 8.43. The Balaban J connectivity index is 2.06. The van der Waals surface area contributed by atoms with Gasteiger partial charge in [-0.1, -0.05) is 24.3 Å². The number of nitrogens with zero attached hydrogens (tertiary/aromatic N) is 1. The van der Waals surface area contributed by atoms with Crippen LogP contribution in [0, 0.1) is 0 Å². The minimum atomic E-state index is -3.57. The third-order valence-corrected chi connectivity index (χ3v) is 6.70. The largest absolute Gasteiger partial charge is 0.374 e. The molecule has 0 fully saturated rings. The molecule has 0 aliphatic rings. The molecule has 158 valence electrons. The van der Waals surface area contributed by atoms with Gasteiger partial charge >= 0.3 is 0 Å². The Labute approximate surface area is 173 Å². The second kappa shape index (κ2) is 10.0. The van der Waals surface area contributed by atoms with Gasteiger partial charge in [0.15, 0.2) is 0 Å². The van der Waals surface area contributed by atoms with Crippen molar-refractivity contribution in [3.05, 3.63) is 65.2 Å². The molecule has 2 aromatic rings. The van der Waals surface area contributed by atoms with E-state index in [1.165, 1.54) is 28.6 Å². The van der Waals surface area contributed by atoms with Crippen molar-refractivity contribution in [1.82, 2.24) is 9.62 Å². The zero-order chi connectivity index (χ0) is 21.6. The highest BCUT2D eigenvalue weighted by atomic mass is 32.2. The van der Waals surface area contributed by atoms with Crippen LogP contribution in [0.2, 0.25) is 0 Å². The highest BCUT2D eigenvalue weighted by Gasteiger charge is 2.23. The summed E-state index contributed by atoms with van der Waals surface area (Å²) in [5.74, 6) is -0.259. The average molecular weight is 419 g/mol. The number of rotatable bonds is 9. The molecule has 0 saturated heterocycles. The molecule has 0 atom stereocenters. The fourth-order valence-electron chi connectivity index (χ4n) is 2.63. The van der Waals surface area contributed by atoms with Gasteiger partial charge in [0.1, 0.15) is 0 Å². The van der Waals surface area contributed by atoms with Crippen LogP contribution in [0.4, 0.5) is 0 Å². The van der Waals surface area contributed by atoms with Crippen molar-refractivity contribution in [2.75, 3.05) is 7.05 Å². The standard InChI is InChI=1S/C22H30N2O4S/c1-16(2)24(5)29(26,27)21-12-10-18(11-13-21)22(25)23-14-19-8-6-7-9-20(19)15-28-17(3)4/h6-13,16-17H,14-15H2,1-5H3,(H,23,25). The number of hydrogen-bond acceptors (Lipinski definition) is 4. The lowest BCUT2D eigenvalue weighted by molar-refractivity contribution is 0.0651. The Kier molecular flexibility index (Phi) is 7.96. The van der Waals surface area contributed by atoms with Gasteiger partial charge in [-0.05, 0) is 63.1 Å². The number of hydrogen-bond donors (Lipinski definition) is 1. The fraction of sp³-hybridized carbons (Fsp3) is 0.409. The molecule has 0 unspecified atom stereocenters. The molecule has 1 amide bonds. The van der Waals surface area contributed by atoms with E-state index < -0.39 is 10.0 Å². The molecular weight excluding hydrogens is 388 g/mol. The molecule has 2 aromatic carbocycles. The summed E-state index contributed by atoms with van der Waals surface area (Å²) >= 11 is 0. The Hall–Kier alpha value is -2.22. The van der Waals surface area contributed by atoms with Crippen molar-refractivity contribution in [2.45, 2.75) is 57.9 Å². The summed E-state index contributed by atoms with van der Waals surface area (Å²) in [6.07, 6.45) is 0.127. The molecule has 7 heteroatoms. The molecule has 0 saturated carbocycles. The second-order valence-electron chi connectivity index (χ2n) is 7.45. The van der Waals surface area contributed by atoms with Crippen LogP contribution < -0.4 is 5.32 Å². The predicted molar refractivity (Wildman–Crippen MR) is 114 cm³/mol. The van der Waals surface area contributed by atoms with E-state index >= 15 is 0 Å². The lowest BCUT2D eigenvalue weighted by Gasteiger charge is -2.21. The molecule has 0 heterocycles. The Morgan fingerprint density at radius 3 is 2.14 bits per heavy atom. The first-order valence-electron chi connectivity index (χ1n) is 9.67. The van der Waals surface area contributed by atoms with Gasteiger partial charge < -0.3 is 10.1 Å². The zero-order valence-corrected chi connectivity index (χ0v) is 18.5. The van der Waals surface area contributed by atoms with Gasteiger partial charge in [0.2, 0.25) is 10.0 Å². The van der Waals surface area contributed by atoms with E-state index in [0.717, 1.165) is 11.1 Å². The smallest absolute Gasteiger partial charge is 0.251 e. The summed E-state index contributed by atoms with van der Waals surface area (Å²) in [7, 11) is -2.02. The average Bonchev–Trinajstić information content (AvgIpc) is 2.70. The summed E-state index contributed by atoms with van der Waals surface area (Å²) in [5, 5.41) is 2.89. The van der Waals surface area contributed by atoms with Crippen LogP contribution in [-0.2, 0) is 27.9 Å². The van der Waals surface area contributed by atoms with Gasteiger partial charge in [0.05, 0.1) is 17.6 Å². The zero-order valence-electron chi connectivity index (χ0n) is 17.7. The lowest BCUT2D eigenvalue weighted by Crippen LogP contribution is -2.33. The minimum Gasteiger partial charge on any atom is -0.374 e. The molecule has 2 rings (SSSR count). The summed E-state index contributed by atoms with van der Waals surface area (Å²) < 4.78 is 32.0. The van der Waals surface area contributed by atoms with Crippen LogP contribution in [0.1, 0.15) is 49.2 Å². The van der Waals surface area contributed by atoms with Gasteiger partial charge in [-0.15, -0.1) is 0 Å². The number of nitrogens with one attached hydrogen (secondary N) is 1. The molecule has 0 bridgehead atoms. The van der Waals surface area contributed by atoms with E-state index in [0.29, 0.717) is 18.7 Å². The first kappa shape index (κ1) is 23.1. The van der Waals surface area contributed by atoms with E-state index in [-0.39, 0.29) is 22.9 Å². The molecule has 0 radical (unpaired) electrons. The maximum Gasteiger partial charge on any atom is 0.251 e. The highest BCUT2D eigenvalue weighted by Crippen LogP contribution is 2.17. The molecule has 29 heavy (non-hydrogen) atoms. The quantitative estimate of drug-likeness (QED) is 0.675. The van der Waals surface area contributed by atoms with E-state index in [4.69, 9.17) is 4.74 Å². The lowest BCUT2D eigenvalue weighted by atomic mass is 10.1. The number of carbonyl (C=O) groups excluding carboxylic acids is 1. The molecule has 6 nitrogen and oxygen atoms in total. The van der Waals surface area contributed by atoms with E-state index in [9.17, 15) is 13.2 Å². The van der Waals surface area contributed by atoms with E-state index in [1.54, 1.807) is 7.05 Å². The monoisotopic (exact) mass is 418 g/mol. The molecule has 0 aromatic heterocycles. The predicted octanol–water partition coefficient (Wildman–Crippen LogP) is 3.57. The topological polar surface area (TPSA) is 75.7 Å². The van der Waals surface area contributed by atoms with Gasteiger partial charge in [0.25, 0.3) is 5.91 Å². The molecule has 0 aliphatic carbocycles. The number of ether oxygens (including phenoxy) is 1. The number of sulfonamides is 1. The Morgan fingerprint density at radius 2 is 1.59 bits per heavy atom. The maximum atomic E-state index is 12.5. The van der Waals surface area contributed by atoms with E-state index in [2.05, 4.69) is 5.32 Å². The first-order valence-corrected chi connectivity index (χ1v) is 11.1. The van der Waals surface area contributed by atoms with Gasteiger partial charge in [-0.25, -0.2) is 8.42 Å². The van der Waals surface area contributed by atoms with Gasteiger partial charge in [-0.2, -0.15) is 4.31 Å². The molecule has 0 spiro atoms. The van der Waals surface area contributed by atoms with Crippen molar-refractivity contribution >= 4 is 15.9 Å². The Bertz CT molecular complexity index is 922. The summed E-state index contributed by atoms with van der Waals surface area (Å²) in [4.78, 5) is 12.7. The van der Waals surface area contributed by atoms with Crippen LogP contribution in [-0.4, -0.2) is 37.8 Å². The Morgan fingerprint density at radius 1 is 1.00 bits per heavy atom. The maximum absolute atomic E-state index is 12.5. The SMILES string of the molecule is CC(C)OCc1ccccc1CNC(=O)c1ccc(S(=O)(=O)N(C)C(C)C)cc1. The molecule has 0 aliphatic heterocycles. The molecular formula is C22H30N2O4S. The normalized spacial score (nSPS) is 12.0. The second-order valence-corrected chi connectivity index (χ2v) is 9.45. The minimum absolute atomic E-state index is 0.127. The first-order chi connectivity index (χ1) is 13.6. The van der Waals surface area contributed by atoms with Crippen LogP contribution >= 0.6 is 0 Å². The molecule has 1 N–H and O–H groups in total. The van der Waals surface area contributed by atoms with Crippen LogP contribution in [0.25, 0.3) is 0 Å². The summed E-state index contributed by atoms with van der Waals surface area (Å²) in [5.41, 5.74) is 2.42. The van der Waals surface area contributed by atoms with Gasteiger partial charge in [-0.3, -0.25) is 4.79 Å². The van der Waals surface area contributed by atoms with E-state index in [1.807, 2.05) is 52.0 Å². The van der Waals surface area contributed by atoms with Crippen molar-refractivity contribution < 1.29 is 17.9 Å². The van der Waals surface area contributed by atoms with Crippen LogP contribution in [0.5, 0.6) is 0 Å². The third kappa shape index (κ3) is 6.13. The van der Waals surface area contributed by atoms with Crippen LogP contribution in [0.15, 0.2) is 53.4 Å². The van der Waals surface area contributed by atoms with Crippen molar-refractivity contribution in [3.8, 4) is 0 Å². The van der Waals surface area contributed by atoms with Crippen molar-refractivity contribution in [3.63, 3.8) is 0 Å².